The molecule has 0 fully saturated rings. The molecule has 2 N–H and O–H groups in total. The molecule has 1 unspecified atom stereocenters. The van der Waals surface area contributed by atoms with Gasteiger partial charge in [-0.15, -0.1) is 0 Å². The van der Waals surface area contributed by atoms with Gasteiger partial charge in [-0.3, -0.25) is 9.48 Å². The Morgan fingerprint density at radius 1 is 1.61 bits per heavy atom. The van der Waals surface area contributed by atoms with Gasteiger partial charge in [0.05, 0.1) is 13.2 Å². The summed E-state index contributed by atoms with van der Waals surface area (Å²) >= 11 is 0. The predicted molar refractivity (Wildman–Crippen MR) is 67.1 cm³/mol. The standard InChI is InChI=1S/C11H21N5O2/c1-9(7-18-3)14-11(17)6-12-5-4-10-13-8-16(2)15-10/h8-9,12H,4-7H2,1-3H3,(H,14,17). The Balaban J connectivity index is 2.08. The van der Waals surface area contributed by atoms with E-state index >= 15 is 0 Å². The maximum absolute atomic E-state index is 11.5. The van der Waals surface area contributed by atoms with Gasteiger partial charge in [0.2, 0.25) is 5.91 Å². The summed E-state index contributed by atoms with van der Waals surface area (Å²) in [7, 11) is 3.44. The molecule has 0 aliphatic heterocycles. The molecule has 1 aromatic heterocycles. The van der Waals surface area contributed by atoms with E-state index in [0.29, 0.717) is 26.1 Å². The fraction of sp³-hybridized carbons (Fsp3) is 0.727. The second-order valence-corrected chi connectivity index (χ2v) is 4.19. The smallest absolute Gasteiger partial charge is 0.234 e. The number of ether oxygens (including phenoxy) is 1. The van der Waals surface area contributed by atoms with E-state index in [2.05, 4.69) is 20.7 Å². The monoisotopic (exact) mass is 255 g/mol. The Morgan fingerprint density at radius 2 is 2.39 bits per heavy atom. The molecule has 0 saturated carbocycles. The quantitative estimate of drug-likeness (QED) is 0.588. The molecular formula is C11H21N5O2. The molecule has 7 nitrogen and oxygen atoms in total. The maximum Gasteiger partial charge on any atom is 0.234 e. The van der Waals surface area contributed by atoms with Gasteiger partial charge in [0, 0.05) is 33.2 Å². The van der Waals surface area contributed by atoms with Crippen molar-refractivity contribution in [1.82, 2.24) is 25.4 Å². The van der Waals surface area contributed by atoms with Gasteiger partial charge < -0.3 is 15.4 Å². The van der Waals surface area contributed by atoms with Crippen molar-refractivity contribution in [2.75, 3.05) is 26.8 Å². The molecule has 0 spiro atoms. The topological polar surface area (TPSA) is 81.1 Å². The van der Waals surface area contributed by atoms with Crippen LogP contribution in [0.15, 0.2) is 6.33 Å². The van der Waals surface area contributed by atoms with Crippen LogP contribution in [0.1, 0.15) is 12.7 Å². The van der Waals surface area contributed by atoms with Crippen LogP contribution in [0.25, 0.3) is 0 Å². The van der Waals surface area contributed by atoms with Crippen molar-refractivity contribution in [2.45, 2.75) is 19.4 Å². The number of nitrogens with one attached hydrogen (secondary N) is 2. The molecule has 7 heteroatoms. The summed E-state index contributed by atoms with van der Waals surface area (Å²) in [6.45, 7) is 3.39. The number of aryl methyl sites for hydroxylation is 1. The van der Waals surface area contributed by atoms with E-state index in [0.717, 1.165) is 5.82 Å². The molecule has 18 heavy (non-hydrogen) atoms. The maximum atomic E-state index is 11.5. The summed E-state index contributed by atoms with van der Waals surface area (Å²) in [5.74, 6) is 0.742. The molecule has 0 bridgehead atoms. The number of hydrogen-bond acceptors (Lipinski definition) is 5. The Morgan fingerprint density at radius 3 is 3.00 bits per heavy atom. The predicted octanol–water partition coefficient (Wildman–Crippen LogP) is -0.902. The van der Waals surface area contributed by atoms with Gasteiger partial charge >= 0.3 is 0 Å². The number of hydrogen-bond donors (Lipinski definition) is 2. The summed E-state index contributed by atoms with van der Waals surface area (Å²) in [4.78, 5) is 15.6. The fourth-order valence-electron chi connectivity index (χ4n) is 1.52. The summed E-state index contributed by atoms with van der Waals surface area (Å²) in [6.07, 6.45) is 2.37. The number of amides is 1. The Hall–Kier alpha value is -1.47. The molecule has 1 heterocycles. The summed E-state index contributed by atoms with van der Waals surface area (Å²) in [6, 6.07) is 0.0294. The highest BCUT2D eigenvalue weighted by atomic mass is 16.5. The number of rotatable bonds is 8. The fourth-order valence-corrected chi connectivity index (χ4v) is 1.52. The van der Waals surface area contributed by atoms with Gasteiger partial charge in [-0.2, -0.15) is 5.10 Å². The first kappa shape index (κ1) is 14.6. The lowest BCUT2D eigenvalue weighted by atomic mass is 10.3. The van der Waals surface area contributed by atoms with Crippen molar-refractivity contribution in [2.24, 2.45) is 7.05 Å². The second-order valence-electron chi connectivity index (χ2n) is 4.19. The molecule has 0 aliphatic carbocycles. The molecular weight excluding hydrogens is 234 g/mol. The minimum absolute atomic E-state index is 0.0294. The SMILES string of the molecule is COCC(C)NC(=O)CNCCc1ncn(C)n1. The minimum atomic E-state index is -0.0338. The van der Waals surface area contributed by atoms with Crippen LogP contribution in [0.5, 0.6) is 0 Å². The third-order valence-electron chi connectivity index (χ3n) is 2.28. The molecule has 1 amide bonds. The van der Waals surface area contributed by atoms with Gasteiger partial charge in [-0.05, 0) is 6.92 Å². The van der Waals surface area contributed by atoms with Crippen molar-refractivity contribution in [3.05, 3.63) is 12.2 Å². The Kier molecular flexibility index (Phi) is 6.31. The second kappa shape index (κ2) is 7.78. The first-order valence-corrected chi connectivity index (χ1v) is 5.95. The van der Waals surface area contributed by atoms with E-state index in [1.54, 1.807) is 18.1 Å². The average Bonchev–Trinajstić information content (AvgIpc) is 2.71. The highest BCUT2D eigenvalue weighted by molar-refractivity contribution is 5.78. The molecule has 102 valence electrons. The van der Waals surface area contributed by atoms with Crippen molar-refractivity contribution >= 4 is 5.91 Å². The molecule has 1 rings (SSSR count). The number of carbonyl (C=O) groups is 1. The Bertz CT molecular complexity index is 366. The number of carbonyl (C=O) groups excluding carboxylic acids is 1. The van der Waals surface area contributed by atoms with Crippen LogP contribution in [-0.4, -0.2) is 53.5 Å². The van der Waals surface area contributed by atoms with Crippen LogP contribution in [0.4, 0.5) is 0 Å². The van der Waals surface area contributed by atoms with Gasteiger partial charge in [-0.1, -0.05) is 0 Å². The molecule has 0 saturated heterocycles. The van der Waals surface area contributed by atoms with Crippen LogP contribution >= 0.6 is 0 Å². The van der Waals surface area contributed by atoms with Crippen molar-refractivity contribution < 1.29 is 9.53 Å². The zero-order valence-electron chi connectivity index (χ0n) is 11.1. The van der Waals surface area contributed by atoms with Gasteiger partial charge in [0.25, 0.3) is 0 Å². The number of nitrogens with zero attached hydrogens (tertiary/aromatic N) is 3. The summed E-state index contributed by atoms with van der Waals surface area (Å²) < 4.78 is 6.60. The van der Waals surface area contributed by atoms with E-state index in [1.165, 1.54) is 0 Å². The zero-order chi connectivity index (χ0) is 13.4. The van der Waals surface area contributed by atoms with Crippen molar-refractivity contribution in [3.8, 4) is 0 Å². The normalized spacial score (nSPS) is 12.4. The van der Waals surface area contributed by atoms with E-state index in [1.807, 2.05) is 14.0 Å². The van der Waals surface area contributed by atoms with Gasteiger partial charge in [0.15, 0.2) is 5.82 Å². The third kappa shape index (κ3) is 5.74. The van der Waals surface area contributed by atoms with E-state index in [4.69, 9.17) is 4.74 Å². The molecule has 0 radical (unpaired) electrons. The zero-order valence-corrected chi connectivity index (χ0v) is 11.1. The van der Waals surface area contributed by atoms with Gasteiger partial charge in [0.1, 0.15) is 6.33 Å². The van der Waals surface area contributed by atoms with Crippen LogP contribution in [-0.2, 0) is 23.0 Å². The molecule has 1 aromatic rings. The largest absolute Gasteiger partial charge is 0.383 e. The summed E-state index contributed by atoms with van der Waals surface area (Å²) in [5.41, 5.74) is 0. The van der Waals surface area contributed by atoms with E-state index in [-0.39, 0.29) is 11.9 Å². The number of aromatic nitrogens is 3. The molecule has 0 aromatic carbocycles. The minimum Gasteiger partial charge on any atom is -0.383 e. The van der Waals surface area contributed by atoms with Crippen molar-refractivity contribution in [1.29, 1.82) is 0 Å². The lowest BCUT2D eigenvalue weighted by Gasteiger charge is -2.12. The highest BCUT2D eigenvalue weighted by Crippen LogP contribution is 1.88. The van der Waals surface area contributed by atoms with Crippen LogP contribution in [0.3, 0.4) is 0 Å². The number of methoxy groups -OCH3 is 1. The third-order valence-corrected chi connectivity index (χ3v) is 2.28. The first-order valence-electron chi connectivity index (χ1n) is 5.95. The lowest BCUT2D eigenvalue weighted by Crippen LogP contribution is -2.41. The van der Waals surface area contributed by atoms with E-state index in [9.17, 15) is 4.79 Å². The Labute approximate surface area is 107 Å². The molecule has 1 atom stereocenters. The first-order chi connectivity index (χ1) is 8.61. The van der Waals surface area contributed by atoms with E-state index < -0.39 is 0 Å². The lowest BCUT2D eigenvalue weighted by molar-refractivity contribution is -0.121. The van der Waals surface area contributed by atoms with Crippen LogP contribution < -0.4 is 10.6 Å². The van der Waals surface area contributed by atoms with Crippen LogP contribution in [0.2, 0.25) is 0 Å². The van der Waals surface area contributed by atoms with Crippen LogP contribution in [0, 0.1) is 0 Å². The highest BCUT2D eigenvalue weighted by Gasteiger charge is 2.06. The average molecular weight is 255 g/mol. The van der Waals surface area contributed by atoms with Gasteiger partial charge in [-0.25, -0.2) is 4.98 Å². The summed E-state index contributed by atoms with van der Waals surface area (Å²) in [5, 5.41) is 10.0. The molecule has 0 aliphatic rings. The van der Waals surface area contributed by atoms with Crippen molar-refractivity contribution in [3.63, 3.8) is 0 Å².